The lowest BCUT2D eigenvalue weighted by molar-refractivity contribution is -0.141. The fourth-order valence-electron chi connectivity index (χ4n) is 2.36. The van der Waals surface area contributed by atoms with E-state index in [1.165, 1.54) is 0 Å². The normalized spacial score (nSPS) is 18.4. The number of likely N-dealkylation sites (N-methyl/N-ethyl adjacent to an activating group) is 1. The minimum absolute atomic E-state index is 0.0888. The molecule has 0 aromatic carbocycles. The number of amides is 1. The topological polar surface area (TPSA) is 58.8 Å². The summed E-state index contributed by atoms with van der Waals surface area (Å²) in [5.41, 5.74) is 5.55. The molecule has 1 unspecified atom stereocenters. The number of rotatable bonds is 9. The second-order valence-electron chi connectivity index (χ2n) is 5.07. The minimum atomic E-state index is -0.266. The summed E-state index contributed by atoms with van der Waals surface area (Å²) in [7, 11) is 0. The predicted molar refractivity (Wildman–Crippen MR) is 84.7 cm³/mol. The summed E-state index contributed by atoms with van der Waals surface area (Å²) >= 11 is 4.91. The van der Waals surface area contributed by atoms with Gasteiger partial charge in [0.25, 0.3) is 5.91 Å². The molecule has 1 amide bonds. The lowest BCUT2D eigenvalue weighted by Crippen LogP contribution is -2.44. The summed E-state index contributed by atoms with van der Waals surface area (Å²) in [5, 5.41) is 0. The van der Waals surface area contributed by atoms with Crippen LogP contribution in [-0.2, 0) is 9.53 Å². The predicted octanol–water partition coefficient (Wildman–Crippen LogP) is 1.01. The number of ether oxygens (including phenoxy) is 1. The van der Waals surface area contributed by atoms with Crippen molar-refractivity contribution in [3.8, 4) is 0 Å². The van der Waals surface area contributed by atoms with Crippen LogP contribution in [0.3, 0.4) is 0 Å². The number of nitrogens with zero attached hydrogens (tertiary/aromatic N) is 2. The maximum absolute atomic E-state index is 12.4. The molecule has 0 aliphatic carbocycles. The zero-order chi connectivity index (χ0) is 15.0. The monoisotopic (exact) mass is 301 g/mol. The highest BCUT2D eigenvalue weighted by molar-refractivity contribution is 7.80. The van der Waals surface area contributed by atoms with E-state index in [0.717, 1.165) is 32.5 Å². The Hall–Kier alpha value is -0.720. The Morgan fingerprint density at radius 3 is 2.50 bits per heavy atom. The standard InChI is InChI=1S/C14H27N3O2S/c1-3-16(4-2)9-10-17(8-7-13(15)20)14(18)12-6-5-11-19-12/h12H,3-11H2,1-2H3,(H2,15,20). The fourth-order valence-corrected chi connectivity index (χ4v) is 2.45. The van der Waals surface area contributed by atoms with Crippen LogP contribution in [0.1, 0.15) is 33.1 Å². The average Bonchev–Trinajstić information content (AvgIpc) is 2.96. The quantitative estimate of drug-likeness (QED) is 0.644. The molecule has 6 heteroatoms. The van der Waals surface area contributed by atoms with E-state index in [-0.39, 0.29) is 12.0 Å². The molecule has 5 nitrogen and oxygen atoms in total. The molecule has 0 bridgehead atoms. The number of carbonyl (C=O) groups is 1. The molecular weight excluding hydrogens is 274 g/mol. The summed E-state index contributed by atoms with van der Waals surface area (Å²) in [4.78, 5) is 17.1. The molecule has 1 fully saturated rings. The Morgan fingerprint density at radius 1 is 1.30 bits per heavy atom. The summed E-state index contributed by atoms with van der Waals surface area (Å²) in [6.45, 7) is 9.12. The Morgan fingerprint density at radius 2 is 2.00 bits per heavy atom. The van der Waals surface area contributed by atoms with Crippen molar-refractivity contribution in [1.29, 1.82) is 0 Å². The van der Waals surface area contributed by atoms with Crippen molar-refractivity contribution < 1.29 is 9.53 Å². The van der Waals surface area contributed by atoms with Crippen molar-refractivity contribution in [1.82, 2.24) is 9.80 Å². The number of thiocarbonyl (C=S) groups is 1. The molecule has 1 aliphatic rings. The first kappa shape index (κ1) is 17.3. The lowest BCUT2D eigenvalue weighted by Gasteiger charge is -2.28. The third-order valence-corrected chi connectivity index (χ3v) is 3.93. The first-order valence-electron chi connectivity index (χ1n) is 7.49. The molecule has 0 saturated carbocycles. The average molecular weight is 301 g/mol. The van der Waals surface area contributed by atoms with Crippen LogP contribution in [-0.4, -0.2) is 66.1 Å². The molecule has 1 rings (SSSR count). The van der Waals surface area contributed by atoms with E-state index in [2.05, 4.69) is 18.7 Å². The van der Waals surface area contributed by atoms with Gasteiger partial charge in [-0.3, -0.25) is 4.79 Å². The van der Waals surface area contributed by atoms with Gasteiger partial charge in [0.05, 0.1) is 4.99 Å². The van der Waals surface area contributed by atoms with Crippen LogP contribution in [0.2, 0.25) is 0 Å². The summed E-state index contributed by atoms with van der Waals surface area (Å²) < 4.78 is 5.49. The highest BCUT2D eigenvalue weighted by atomic mass is 32.1. The number of hydrogen-bond acceptors (Lipinski definition) is 4. The maximum Gasteiger partial charge on any atom is 0.251 e. The highest BCUT2D eigenvalue weighted by Gasteiger charge is 2.28. The molecule has 2 N–H and O–H groups in total. The molecule has 0 radical (unpaired) electrons. The van der Waals surface area contributed by atoms with Crippen LogP contribution in [0, 0.1) is 0 Å². The number of carbonyl (C=O) groups excluding carboxylic acids is 1. The van der Waals surface area contributed by atoms with E-state index in [9.17, 15) is 4.79 Å². The van der Waals surface area contributed by atoms with E-state index in [4.69, 9.17) is 22.7 Å². The molecule has 1 atom stereocenters. The van der Waals surface area contributed by atoms with Gasteiger partial charge in [-0.1, -0.05) is 26.1 Å². The maximum atomic E-state index is 12.4. The van der Waals surface area contributed by atoms with E-state index in [0.29, 0.717) is 31.1 Å². The van der Waals surface area contributed by atoms with Gasteiger partial charge in [0.15, 0.2) is 0 Å². The summed E-state index contributed by atoms with van der Waals surface area (Å²) in [6.07, 6.45) is 2.10. The van der Waals surface area contributed by atoms with E-state index in [1.807, 2.05) is 4.90 Å². The molecule has 116 valence electrons. The second-order valence-corrected chi connectivity index (χ2v) is 5.59. The first-order chi connectivity index (χ1) is 9.58. The second kappa shape index (κ2) is 9.26. The highest BCUT2D eigenvalue weighted by Crippen LogP contribution is 2.15. The van der Waals surface area contributed by atoms with E-state index in [1.54, 1.807) is 0 Å². The molecule has 1 heterocycles. The van der Waals surface area contributed by atoms with Gasteiger partial charge < -0.3 is 20.3 Å². The Kier molecular flexibility index (Phi) is 8.02. The molecule has 20 heavy (non-hydrogen) atoms. The molecule has 1 aliphatic heterocycles. The molecule has 1 saturated heterocycles. The first-order valence-corrected chi connectivity index (χ1v) is 7.90. The molecule has 0 aromatic heterocycles. The van der Waals surface area contributed by atoms with Gasteiger partial charge in [0, 0.05) is 32.7 Å². The fraction of sp³-hybridized carbons (Fsp3) is 0.857. The Bertz CT molecular complexity index is 316. The molecule has 0 spiro atoms. The number of hydrogen-bond donors (Lipinski definition) is 1. The lowest BCUT2D eigenvalue weighted by atomic mass is 10.2. The van der Waals surface area contributed by atoms with Crippen molar-refractivity contribution in [2.45, 2.75) is 39.2 Å². The van der Waals surface area contributed by atoms with Crippen LogP contribution in [0.25, 0.3) is 0 Å². The van der Waals surface area contributed by atoms with E-state index >= 15 is 0 Å². The van der Waals surface area contributed by atoms with Crippen molar-refractivity contribution in [3.05, 3.63) is 0 Å². The van der Waals surface area contributed by atoms with Crippen molar-refractivity contribution in [2.24, 2.45) is 5.73 Å². The van der Waals surface area contributed by atoms with Gasteiger partial charge in [0.1, 0.15) is 6.10 Å². The van der Waals surface area contributed by atoms with Crippen molar-refractivity contribution in [3.63, 3.8) is 0 Å². The largest absolute Gasteiger partial charge is 0.393 e. The van der Waals surface area contributed by atoms with Gasteiger partial charge in [-0.15, -0.1) is 0 Å². The number of nitrogens with two attached hydrogens (primary N) is 1. The van der Waals surface area contributed by atoms with Crippen LogP contribution in [0.15, 0.2) is 0 Å². The van der Waals surface area contributed by atoms with Gasteiger partial charge in [0.2, 0.25) is 0 Å². The SMILES string of the molecule is CCN(CC)CCN(CCC(N)=S)C(=O)C1CCCO1. The van der Waals surface area contributed by atoms with Gasteiger partial charge in [-0.05, 0) is 25.9 Å². The van der Waals surface area contributed by atoms with Crippen molar-refractivity contribution >= 4 is 23.1 Å². The third-order valence-electron chi connectivity index (χ3n) is 3.73. The van der Waals surface area contributed by atoms with Crippen LogP contribution in [0.5, 0.6) is 0 Å². The van der Waals surface area contributed by atoms with Crippen LogP contribution >= 0.6 is 12.2 Å². The minimum Gasteiger partial charge on any atom is -0.393 e. The van der Waals surface area contributed by atoms with E-state index < -0.39 is 0 Å². The summed E-state index contributed by atoms with van der Waals surface area (Å²) in [5.74, 6) is 0.0888. The summed E-state index contributed by atoms with van der Waals surface area (Å²) in [6, 6.07) is 0. The zero-order valence-corrected chi connectivity index (χ0v) is 13.5. The third kappa shape index (κ3) is 5.73. The molecule has 0 aromatic rings. The Balaban J connectivity index is 2.53. The Labute approximate surface area is 127 Å². The smallest absolute Gasteiger partial charge is 0.251 e. The van der Waals surface area contributed by atoms with Crippen LogP contribution in [0.4, 0.5) is 0 Å². The van der Waals surface area contributed by atoms with Gasteiger partial charge in [-0.2, -0.15) is 0 Å². The zero-order valence-electron chi connectivity index (χ0n) is 12.6. The van der Waals surface area contributed by atoms with Crippen molar-refractivity contribution in [2.75, 3.05) is 39.3 Å². The van der Waals surface area contributed by atoms with Gasteiger partial charge >= 0.3 is 0 Å². The molecular formula is C14H27N3O2S. The van der Waals surface area contributed by atoms with Gasteiger partial charge in [-0.25, -0.2) is 0 Å². The van der Waals surface area contributed by atoms with Crippen LogP contribution < -0.4 is 5.73 Å².